The van der Waals surface area contributed by atoms with Gasteiger partial charge in [0, 0.05) is 17.8 Å². The molecule has 0 spiro atoms. The Morgan fingerprint density at radius 1 is 1.16 bits per heavy atom. The Bertz CT molecular complexity index is 1240. The Morgan fingerprint density at radius 3 is 2.53 bits per heavy atom. The van der Waals surface area contributed by atoms with Crippen LogP contribution in [0.1, 0.15) is 47.1 Å². The van der Waals surface area contributed by atoms with E-state index in [1.807, 2.05) is 36.7 Å². The lowest BCUT2D eigenvalue weighted by Gasteiger charge is -2.20. The molecule has 4 rings (SSSR count). The Morgan fingerprint density at radius 2 is 1.91 bits per heavy atom. The maximum atomic E-state index is 13.6. The zero-order valence-electron chi connectivity index (χ0n) is 19.1. The molecule has 0 aliphatic rings. The molecule has 166 valence electrons. The van der Waals surface area contributed by atoms with E-state index in [1.54, 1.807) is 35.5 Å². The molecule has 2 aromatic heterocycles. The van der Waals surface area contributed by atoms with E-state index in [2.05, 4.69) is 37.1 Å². The van der Waals surface area contributed by atoms with Crippen LogP contribution in [-0.4, -0.2) is 34.3 Å². The Kier molecular flexibility index (Phi) is 6.28. The van der Waals surface area contributed by atoms with Gasteiger partial charge in [-0.1, -0.05) is 37.3 Å². The summed E-state index contributed by atoms with van der Waals surface area (Å²) in [4.78, 5) is 20.3. The molecule has 2 aromatic carbocycles. The molecule has 0 bridgehead atoms. The summed E-state index contributed by atoms with van der Waals surface area (Å²) in [5.41, 5.74) is 4.81. The Balaban J connectivity index is 1.72. The average molecular weight is 449 g/mol. The maximum absolute atomic E-state index is 13.6. The molecule has 4 aromatic rings. The van der Waals surface area contributed by atoms with Crippen LogP contribution in [0.15, 0.2) is 48.5 Å². The molecule has 0 radical (unpaired) electrons. The van der Waals surface area contributed by atoms with Crippen LogP contribution in [-0.2, 0) is 6.54 Å². The highest BCUT2D eigenvalue weighted by Gasteiger charge is 2.23. The number of nitrogens with zero attached hydrogens (tertiary/aromatic N) is 4. The van der Waals surface area contributed by atoms with E-state index in [-0.39, 0.29) is 5.91 Å². The number of benzene rings is 2. The first-order valence-corrected chi connectivity index (χ1v) is 11.6. The molecular formula is C25H28N4O2S. The topological polar surface area (TPSA) is 60.2 Å². The normalized spacial score (nSPS) is 11.3. The highest BCUT2D eigenvalue weighted by Crippen LogP contribution is 2.34. The van der Waals surface area contributed by atoms with Gasteiger partial charge in [-0.25, -0.2) is 4.98 Å². The summed E-state index contributed by atoms with van der Waals surface area (Å²) in [5.74, 6) is 0.991. The minimum atomic E-state index is -0.0839. The van der Waals surface area contributed by atoms with Crippen molar-refractivity contribution in [3.63, 3.8) is 0 Å². The number of amides is 1. The first-order valence-electron chi connectivity index (χ1n) is 10.7. The van der Waals surface area contributed by atoms with E-state index < -0.39 is 0 Å². The largest absolute Gasteiger partial charge is 0.497 e. The number of rotatable bonds is 7. The van der Waals surface area contributed by atoms with Gasteiger partial charge in [0.25, 0.3) is 5.91 Å². The van der Waals surface area contributed by atoms with Crippen LogP contribution >= 0.6 is 11.3 Å². The number of anilines is 1. The number of aromatic nitrogens is 3. The van der Waals surface area contributed by atoms with Gasteiger partial charge in [0.05, 0.1) is 29.6 Å². The molecular weight excluding hydrogens is 420 g/mol. The monoisotopic (exact) mass is 448 g/mol. The van der Waals surface area contributed by atoms with Crippen molar-refractivity contribution in [3.05, 3.63) is 71.0 Å². The zero-order chi connectivity index (χ0) is 22.8. The molecule has 0 fully saturated rings. The summed E-state index contributed by atoms with van der Waals surface area (Å²) < 4.78 is 8.27. The summed E-state index contributed by atoms with van der Waals surface area (Å²) in [6.45, 7) is 9.40. The number of hydrogen-bond acceptors (Lipinski definition) is 5. The van der Waals surface area contributed by atoms with Crippen LogP contribution in [0.2, 0.25) is 0 Å². The Hall–Kier alpha value is -3.19. The van der Waals surface area contributed by atoms with Crippen molar-refractivity contribution >= 4 is 32.6 Å². The van der Waals surface area contributed by atoms with Gasteiger partial charge in [-0.15, -0.1) is 0 Å². The smallest absolute Gasteiger partial charge is 0.260 e. The number of carbonyl (C=O) groups is 1. The number of ether oxygens (including phenoxy) is 1. The van der Waals surface area contributed by atoms with Crippen molar-refractivity contribution in [2.45, 2.75) is 40.2 Å². The predicted molar refractivity (Wildman–Crippen MR) is 130 cm³/mol. The van der Waals surface area contributed by atoms with Crippen LogP contribution in [0.25, 0.3) is 10.2 Å². The number of carbonyl (C=O) groups excluding carboxylic acids is 1. The minimum Gasteiger partial charge on any atom is -0.497 e. The van der Waals surface area contributed by atoms with Gasteiger partial charge in [0.2, 0.25) is 0 Å². The molecule has 7 heteroatoms. The molecule has 0 aliphatic heterocycles. The van der Waals surface area contributed by atoms with E-state index in [9.17, 15) is 4.79 Å². The van der Waals surface area contributed by atoms with Gasteiger partial charge in [0.1, 0.15) is 5.75 Å². The molecule has 1 amide bonds. The molecule has 0 saturated carbocycles. The van der Waals surface area contributed by atoms with Crippen LogP contribution < -0.4 is 9.64 Å². The van der Waals surface area contributed by atoms with E-state index >= 15 is 0 Å². The van der Waals surface area contributed by atoms with Gasteiger partial charge in [-0.2, -0.15) is 5.10 Å². The summed E-state index contributed by atoms with van der Waals surface area (Å²) in [7, 11) is 1.62. The molecule has 0 saturated heterocycles. The second kappa shape index (κ2) is 9.12. The number of methoxy groups -OCH3 is 1. The molecule has 0 aliphatic carbocycles. The number of para-hydroxylation sites is 1. The van der Waals surface area contributed by atoms with Crippen molar-refractivity contribution in [1.82, 2.24) is 14.8 Å². The van der Waals surface area contributed by atoms with Gasteiger partial charge in [-0.05, 0) is 61.7 Å². The quantitative estimate of drug-likeness (QED) is 0.370. The second-order valence-corrected chi connectivity index (χ2v) is 9.19. The van der Waals surface area contributed by atoms with Crippen LogP contribution in [0, 0.1) is 13.8 Å². The van der Waals surface area contributed by atoms with Crippen molar-refractivity contribution in [3.8, 4) is 5.75 Å². The molecule has 0 unspecified atom stereocenters. The third-order valence-corrected chi connectivity index (χ3v) is 6.56. The predicted octanol–water partition coefficient (Wildman–Crippen LogP) is 5.59. The summed E-state index contributed by atoms with van der Waals surface area (Å²) in [6, 6.07) is 15.5. The first-order chi connectivity index (χ1) is 15.4. The van der Waals surface area contributed by atoms with Gasteiger partial charge in [-0.3, -0.25) is 14.4 Å². The van der Waals surface area contributed by atoms with Crippen LogP contribution in [0.4, 0.5) is 5.13 Å². The van der Waals surface area contributed by atoms with Gasteiger partial charge in [0.15, 0.2) is 5.13 Å². The molecule has 0 atom stereocenters. The van der Waals surface area contributed by atoms with Crippen LogP contribution in [0.5, 0.6) is 5.75 Å². The Labute approximate surface area is 192 Å². The summed E-state index contributed by atoms with van der Waals surface area (Å²) >= 11 is 1.55. The van der Waals surface area contributed by atoms with Crippen molar-refractivity contribution < 1.29 is 9.53 Å². The third kappa shape index (κ3) is 4.39. The number of fused-ring (bicyclic) bond motifs is 1. The van der Waals surface area contributed by atoms with Crippen molar-refractivity contribution in [2.75, 3.05) is 18.6 Å². The van der Waals surface area contributed by atoms with Crippen molar-refractivity contribution in [1.29, 1.82) is 0 Å². The fraction of sp³-hybridized carbons (Fsp3) is 0.320. The van der Waals surface area contributed by atoms with Crippen molar-refractivity contribution in [2.24, 2.45) is 0 Å². The lowest BCUT2D eigenvalue weighted by molar-refractivity contribution is 0.0985. The minimum absolute atomic E-state index is 0.0839. The van der Waals surface area contributed by atoms with Gasteiger partial charge < -0.3 is 4.74 Å². The van der Waals surface area contributed by atoms with Gasteiger partial charge >= 0.3 is 0 Å². The van der Waals surface area contributed by atoms with E-state index in [0.29, 0.717) is 29.7 Å². The van der Waals surface area contributed by atoms with E-state index in [4.69, 9.17) is 9.72 Å². The average Bonchev–Trinajstić information content (AvgIpc) is 3.35. The van der Waals surface area contributed by atoms with E-state index in [1.165, 1.54) is 5.56 Å². The maximum Gasteiger partial charge on any atom is 0.260 e. The fourth-order valence-electron chi connectivity index (χ4n) is 3.81. The number of aryl methyl sites for hydroxylation is 2. The number of thiazole rings is 1. The number of hydrogen-bond donors (Lipinski definition) is 0. The molecule has 2 heterocycles. The lowest BCUT2D eigenvalue weighted by atomic mass is 10.0. The standard InChI is InChI=1S/C25H28N4O2S/c1-16(2)21-7-6-8-22-23(21)26-25(32-22)28(13-14-29-18(4)15-17(3)27-29)24(30)19-9-11-20(31-5)12-10-19/h6-12,15-16H,13-14H2,1-5H3. The van der Waals surface area contributed by atoms with Crippen LogP contribution in [0.3, 0.4) is 0 Å². The highest BCUT2D eigenvalue weighted by molar-refractivity contribution is 7.22. The molecule has 6 nitrogen and oxygen atoms in total. The SMILES string of the molecule is COc1ccc(C(=O)N(CCn2nc(C)cc2C)c2nc3c(C(C)C)cccc3s2)cc1. The lowest BCUT2D eigenvalue weighted by Crippen LogP contribution is -2.34. The summed E-state index contributed by atoms with van der Waals surface area (Å²) in [6.07, 6.45) is 0. The molecule has 32 heavy (non-hydrogen) atoms. The molecule has 0 N–H and O–H groups in total. The third-order valence-electron chi connectivity index (χ3n) is 5.51. The zero-order valence-corrected chi connectivity index (χ0v) is 19.9. The summed E-state index contributed by atoms with van der Waals surface area (Å²) in [5, 5.41) is 5.26. The highest BCUT2D eigenvalue weighted by atomic mass is 32.1. The second-order valence-electron chi connectivity index (χ2n) is 8.18. The fourth-order valence-corrected chi connectivity index (χ4v) is 4.83. The van der Waals surface area contributed by atoms with E-state index in [0.717, 1.165) is 27.4 Å². The first kappa shape index (κ1) is 22.0.